The summed E-state index contributed by atoms with van der Waals surface area (Å²) in [6, 6.07) is 13.2. The largest absolute Gasteiger partial charge is 0.423 e. The smallest absolute Gasteiger partial charge is 0.302 e. The quantitative estimate of drug-likeness (QED) is 0.383. The predicted octanol–water partition coefficient (Wildman–Crippen LogP) is 2.59. The van der Waals surface area contributed by atoms with E-state index in [4.69, 9.17) is 14.3 Å². The highest BCUT2D eigenvalue weighted by Gasteiger charge is 2.14. The van der Waals surface area contributed by atoms with E-state index >= 15 is 0 Å². The Bertz CT molecular complexity index is 1150. The molecule has 4 aromatic rings. The number of aromatic nitrogens is 3. The van der Waals surface area contributed by atoms with Crippen molar-refractivity contribution >= 4 is 40.0 Å². The predicted molar refractivity (Wildman–Crippen MR) is 113 cm³/mol. The molecule has 1 amide bonds. The molecule has 1 unspecified atom stereocenters. The molecule has 2 aromatic carbocycles. The summed E-state index contributed by atoms with van der Waals surface area (Å²) in [6.45, 7) is 2.58. The van der Waals surface area contributed by atoms with Gasteiger partial charge >= 0.3 is 6.01 Å². The maximum atomic E-state index is 12.4. The van der Waals surface area contributed by atoms with Crippen LogP contribution in [-0.2, 0) is 11.8 Å². The van der Waals surface area contributed by atoms with Crippen LogP contribution in [0.1, 0.15) is 17.3 Å². The zero-order valence-electron chi connectivity index (χ0n) is 16.8. The minimum absolute atomic E-state index is 0.211. The van der Waals surface area contributed by atoms with E-state index in [2.05, 4.69) is 20.6 Å². The van der Waals surface area contributed by atoms with Gasteiger partial charge < -0.3 is 24.1 Å². The second kappa shape index (κ2) is 8.52. The molecule has 1 atom stereocenters. The monoisotopic (exact) mass is 409 g/mol. The van der Waals surface area contributed by atoms with Crippen molar-refractivity contribution in [3.05, 3.63) is 48.0 Å². The Hall–Kier alpha value is -3.43. The summed E-state index contributed by atoms with van der Waals surface area (Å²) >= 11 is 0. The summed E-state index contributed by atoms with van der Waals surface area (Å²) in [6.07, 6.45) is -0.523. The first-order valence-corrected chi connectivity index (χ1v) is 9.64. The Morgan fingerprint density at radius 3 is 2.87 bits per heavy atom. The fourth-order valence-corrected chi connectivity index (χ4v) is 3.07. The highest BCUT2D eigenvalue weighted by molar-refractivity contribution is 5.97. The highest BCUT2D eigenvalue weighted by atomic mass is 16.5. The van der Waals surface area contributed by atoms with Crippen LogP contribution in [0.4, 0.5) is 12.0 Å². The lowest BCUT2D eigenvalue weighted by atomic mass is 10.2. The highest BCUT2D eigenvalue weighted by Crippen LogP contribution is 2.24. The molecule has 3 N–H and O–H groups in total. The molecule has 9 nitrogen and oxygen atoms in total. The number of amides is 1. The number of aliphatic hydroxyl groups is 1. The average Bonchev–Trinajstić information content (AvgIpc) is 3.27. The summed E-state index contributed by atoms with van der Waals surface area (Å²) in [5.41, 5.74) is 3.49. The van der Waals surface area contributed by atoms with Crippen LogP contribution >= 0.6 is 0 Å². The van der Waals surface area contributed by atoms with Gasteiger partial charge in [0.2, 0.25) is 5.95 Å². The molecule has 0 saturated carbocycles. The third-order valence-corrected chi connectivity index (χ3v) is 4.55. The van der Waals surface area contributed by atoms with Crippen LogP contribution in [0.25, 0.3) is 22.1 Å². The number of anilines is 2. The maximum absolute atomic E-state index is 12.4. The van der Waals surface area contributed by atoms with E-state index in [1.165, 1.54) is 0 Å². The minimum Gasteiger partial charge on any atom is -0.423 e. The molecule has 30 heavy (non-hydrogen) atoms. The van der Waals surface area contributed by atoms with Crippen LogP contribution in [-0.4, -0.2) is 51.4 Å². The summed E-state index contributed by atoms with van der Waals surface area (Å²) in [5, 5.41) is 15.0. The molecule has 0 bridgehead atoms. The molecule has 0 radical (unpaired) electrons. The lowest BCUT2D eigenvalue weighted by molar-refractivity contribution is 0.0470. The van der Waals surface area contributed by atoms with E-state index in [1.54, 1.807) is 19.1 Å². The van der Waals surface area contributed by atoms with Crippen molar-refractivity contribution in [2.24, 2.45) is 7.05 Å². The van der Waals surface area contributed by atoms with Crippen molar-refractivity contribution in [3.8, 4) is 0 Å². The van der Waals surface area contributed by atoms with Gasteiger partial charge in [-0.05, 0) is 37.3 Å². The molecular weight excluding hydrogens is 386 g/mol. The molecule has 0 aliphatic heterocycles. The average molecular weight is 409 g/mol. The molecule has 0 aliphatic carbocycles. The number of hydrogen-bond donors (Lipinski definition) is 3. The van der Waals surface area contributed by atoms with E-state index in [1.807, 2.05) is 41.9 Å². The number of oxazole rings is 1. The zero-order chi connectivity index (χ0) is 21.1. The third kappa shape index (κ3) is 4.27. The van der Waals surface area contributed by atoms with Crippen molar-refractivity contribution < 1.29 is 19.1 Å². The van der Waals surface area contributed by atoms with Crippen molar-refractivity contribution in [1.82, 2.24) is 19.9 Å². The van der Waals surface area contributed by atoms with Gasteiger partial charge in [0, 0.05) is 19.2 Å². The van der Waals surface area contributed by atoms with Gasteiger partial charge in [0.05, 0.1) is 30.4 Å². The number of carbonyl (C=O) groups excluding carboxylic acids is 1. The zero-order valence-corrected chi connectivity index (χ0v) is 16.8. The summed E-state index contributed by atoms with van der Waals surface area (Å²) in [7, 11) is 1.87. The first-order chi connectivity index (χ1) is 14.5. The number of nitrogens with one attached hydrogen (secondary N) is 2. The topological polar surface area (TPSA) is 114 Å². The third-order valence-electron chi connectivity index (χ3n) is 4.55. The summed E-state index contributed by atoms with van der Waals surface area (Å²) < 4.78 is 12.8. The van der Waals surface area contributed by atoms with Crippen LogP contribution in [0, 0.1) is 0 Å². The molecular formula is C21H23N5O4. The molecule has 2 heterocycles. The molecule has 4 rings (SSSR count). The van der Waals surface area contributed by atoms with Crippen LogP contribution in [0.15, 0.2) is 46.9 Å². The lowest BCUT2D eigenvalue weighted by Crippen LogP contribution is -2.28. The molecule has 156 valence electrons. The lowest BCUT2D eigenvalue weighted by Gasteiger charge is -2.08. The summed E-state index contributed by atoms with van der Waals surface area (Å²) in [5.74, 6) is 0.345. The van der Waals surface area contributed by atoms with Crippen molar-refractivity contribution in [1.29, 1.82) is 0 Å². The van der Waals surface area contributed by atoms with Gasteiger partial charge in [-0.25, -0.2) is 4.98 Å². The normalized spacial score (nSPS) is 12.4. The van der Waals surface area contributed by atoms with Crippen molar-refractivity contribution in [2.75, 3.05) is 25.1 Å². The van der Waals surface area contributed by atoms with Crippen LogP contribution in [0.2, 0.25) is 0 Å². The fourth-order valence-electron chi connectivity index (χ4n) is 3.07. The van der Waals surface area contributed by atoms with Gasteiger partial charge in [-0.15, -0.1) is 0 Å². The van der Waals surface area contributed by atoms with Gasteiger partial charge in [0.15, 0.2) is 5.58 Å². The molecule has 2 aromatic heterocycles. The van der Waals surface area contributed by atoms with Gasteiger partial charge in [0.1, 0.15) is 5.52 Å². The second-order valence-electron chi connectivity index (χ2n) is 6.99. The van der Waals surface area contributed by atoms with Crippen LogP contribution < -0.4 is 10.6 Å². The Morgan fingerprint density at radius 1 is 1.23 bits per heavy atom. The van der Waals surface area contributed by atoms with E-state index in [0.29, 0.717) is 41.8 Å². The summed E-state index contributed by atoms with van der Waals surface area (Å²) in [4.78, 5) is 21.3. The van der Waals surface area contributed by atoms with E-state index in [9.17, 15) is 4.79 Å². The second-order valence-corrected chi connectivity index (χ2v) is 6.99. The number of benzene rings is 2. The Kier molecular flexibility index (Phi) is 5.64. The molecule has 0 aliphatic rings. The van der Waals surface area contributed by atoms with E-state index < -0.39 is 6.10 Å². The standard InChI is InChI=1S/C21H23N5O4/c1-13(27)12-29-10-9-22-19(28)14-7-8-17-16(11-14)23-20(26(17)2)25-21-24-15-5-3-4-6-18(15)30-21/h3-8,11,13,27H,9-10,12H2,1-2H3,(H,22,28)(H,23,24,25). The molecule has 0 saturated heterocycles. The van der Waals surface area contributed by atoms with Crippen molar-refractivity contribution in [3.63, 3.8) is 0 Å². The Morgan fingerprint density at radius 2 is 2.07 bits per heavy atom. The number of aryl methyl sites for hydroxylation is 1. The number of ether oxygens (including phenoxy) is 1. The van der Waals surface area contributed by atoms with Gasteiger partial charge in [-0.1, -0.05) is 12.1 Å². The van der Waals surface area contributed by atoms with Gasteiger partial charge in [0.25, 0.3) is 5.91 Å². The van der Waals surface area contributed by atoms with Crippen LogP contribution in [0.5, 0.6) is 0 Å². The number of carbonyl (C=O) groups is 1. The number of fused-ring (bicyclic) bond motifs is 2. The number of hydrogen-bond acceptors (Lipinski definition) is 7. The number of rotatable bonds is 8. The number of imidazole rings is 1. The Labute approximate surface area is 172 Å². The number of aliphatic hydroxyl groups excluding tert-OH is 1. The van der Waals surface area contributed by atoms with Crippen LogP contribution in [0.3, 0.4) is 0 Å². The molecule has 0 fully saturated rings. The first kappa shape index (κ1) is 19.9. The van der Waals surface area contributed by atoms with Crippen molar-refractivity contribution in [2.45, 2.75) is 13.0 Å². The molecule has 0 spiro atoms. The van der Waals surface area contributed by atoms with E-state index in [0.717, 1.165) is 11.0 Å². The maximum Gasteiger partial charge on any atom is 0.302 e. The minimum atomic E-state index is -0.523. The van der Waals surface area contributed by atoms with E-state index in [-0.39, 0.29) is 12.5 Å². The molecule has 9 heteroatoms. The number of para-hydroxylation sites is 2. The van der Waals surface area contributed by atoms with Gasteiger partial charge in [-0.2, -0.15) is 4.98 Å². The SMILES string of the molecule is CC(O)COCCNC(=O)c1ccc2c(c1)nc(Nc1nc3ccccc3o1)n2C. The van der Waals surface area contributed by atoms with Gasteiger partial charge in [-0.3, -0.25) is 10.1 Å². The Balaban J connectivity index is 1.46. The number of nitrogens with zero attached hydrogens (tertiary/aromatic N) is 3. The fraction of sp³-hybridized carbons (Fsp3) is 0.286. The first-order valence-electron chi connectivity index (χ1n) is 9.64.